The molecule has 108 valence electrons. The van der Waals surface area contributed by atoms with E-state index in [9.17, 15) is 13.9 Å². The SMILES string of the molecule is OC(Cc1ccc(F)c(Cl)c1)c1cc2ccc(F)cc2s1. The quantitative estimate of drug-likeness (QED) is 0.710. The van der Waals surface area contributed by atoms with Gasteiger partial charge in [-0.05, 0) is 41.3 Å². The lowest BCUT2D eigenvalue weighted by atomic mass is 10.1. The summed E-state index contributed by atoms with van der Waals surface area (Å²) in [5, 5.41) is 11.2. The van der Waals surface area contributed by atoms with Gasteiger partial charge in [0.1, 0.15) is 11.6 Å². The van der Waals surface area contributed by atoms with Gasteiger partial charge in [0.15, 0.2) is 0 Å². The minimum absolute atomic E-state index is 0.0399. The largest absolute Gasteiger partial charge is 0.387 e. The highest BCUT2D eigenvalue weighted by Gasteiger charge is 2.13. The highest BCUT2D eigenvalue weighted by molar-refractivity contribution is 7.19. The molecule has 0 amide bonds. The second-order valence-electron chi connectivity index (χ2n) is 4.80. The number of rotatable bonds is 3. The Kier molecular flexibility index (Phi) is 3.93. The van der Waals surface area contributed by atoms with Crippen molar-refractivity contribution in [2.24, 2.45) is 0 Å². The van der Waals surface area contributed by atoms with Gasteiger partial charge in [-0.1, -0.05) is 23.7 Å². The molecule has 1 N–H and O–H groups in total. The summed E-state index contributed by atoms with van der Waals surface area (Å²) in [7, 11) is 0. The summed E-state index contributed by atoms with van der Waals surface area (Å²) in [4.78, 5) is 0.746. The van der Waals surface area contributed by atoms with Crippen molar-refractivity contribution in [3.8, 4) is 0 Å². The summed E-state index contributed by atoms with van der Waals surface area (Å²) in [6, 6.07) is 10.8. The van der Waals surface area contributed by atoms with Crippen LogP contribution in [0, 0.1) is 11.6 Å². The van der Waals surface area contributed by atoms with Gasteiger partial charge in [0.2, 0.25) is 0 Å². The molecule has 3 rings (SSSR count). The van der Waals surface area contributed by atoms with E-state index in [1.807, 2.05) is 6.07 Å². The van der Waals surface area contributed by atoms with Gasteiger partial charge in [0.05, 0.1) is 11.1 Å². The third-order valence-corrected chi connectivity index (χ3v) is 4.73. The van der Waals surface area contributed by atoms with E-state index in [-0.39, 0.29) is 10.8 Å². The van der Waals surface area contributed by atoms with E-state index in [2.05, 4.69) is 0 Å². The standard InChI is InChI=1S/C16H11ClF2OS/c17-12-5-9(1-4-13(12)19)6-14(20)16-7-10-2-3-11(18)8-15(10)21-16/h1-5,7-8,14,20H,6H2. The zero-order valence-electron chi connectivity index (χ0n) is 10.8. The molecule has 1 nitrogen and oxygen atoms in total. The number of aliphatic hydroxyl groups is 1. The van der Waals surface area contributed by atoms with E-state index in [4.69, 9.17) is 11.6 Å². The smallest absolute Gasteiger partial charge is 0.141 e. The summed E-state index contributed by atoms with van der Waals surface area (Å²) in [6.45, 7) is 0. The van der Waals surface area contributed by atoms with E-state index >= 15 is 0 Å². The van der Waals surface area contributed by atoms with Gasteiger partial charge in [0.25, 0.3) is 0 Å². The molecular formula is C16H11ClF2OS. The number of fused-ring (bicyclic) bond motifs is 1. The predicted molar refractivity (Wildman–Crippen MR) is 81.9 cm³/mol. The van der Waals surface area contributed by atoms with Crippen LogP contribution in [0.2, 0.25) is 5.02 Å². The predicted octanol–water partition coefficient (Wildman–Crippen LogP) is 5.11. The lowest BCUT2D eigenvalue weighted by Gasteiger charge is -2.08. The average Bonchev–Trinajstić information content (AvgIpc) is 2.86. The Morgan fingerprint density at radius 1 is 1.10 bits per heavy atom. The minimum atomic E-state index is -0.730. The Labute approximate surface area is 129 Å². The number of aliphatic hydroxyl groups excluding tert-OH is 1. The molecule has 1 heterocycles. The van der Waals surface area contributed by atoms with Gasteiger partial charge in [-0.3, -0.25) is 0 Å². The molecule has 0 bridgehead atoms. The molecule has 0 aliphatic rings. The van der Waals surface area contributed by atoms with E-state index in [1.54, 1.807) is 12.1 Å². The molecule has 3 aromatic rings. The Morgan fingerprint density at radius 3 is 2.67 bits per heavy atom. The number of halogens is 3. The number of benzene rings is 2. The molecule has 0 saturated carbocycles. The Bertz CT molecular complexity index is 800. The first-order valence-corrected chi connectivity index (χ1v) is 7.53. The zero-order valence-corrected chi connectivity index (χ0v) is 12.4. The lowest BCUT2D eigenvalue weighted by Crippen LogP contribution is -1.99. The Balaban J connectivity index is 1.85. The van der Waals surface area contributed by atoms with Crippen molar-refractivity contribution < 1.29 is 13.9 Å². The third-order valence-electron chi connectivity index (χ3n) is 3.24. The molecular weight excluding hydrogens is 314 g/mol. The van der Waals surface area contributed by atoms with Crippen molar-refractivity contribution in [2.45, 2.75) is 12.5 Å². The van der Waals surface area contributed by atoms with Crippen LogP contribution in [0.5, 0.6) is 0 Å². The van der Waals surface area contributed by atoms with Gasteiger partial charge in [-0.15, -0.1) is 11.3 Å². The van der Waals surface area contributed by atoms with Crippen LogP contribution in [0.4, 0.5) is 8.78 Å². The van der Waals surface area contributed by atoms with Crippen LogP contribution in [0.15, 0.2) is 42.5 Å². The first kappa shape index (κ1) is 14.4. The van der Waals surface area contributed by atoms with Crippen LogP contribution in [-0.4, -0.2) is 5.11 Å². The fourth-order valence-corrected chi connectivity index (χ4v) is 3.46. The summed E-state index contributed by atoms with van der Waals surface area (Å²) in [5.41, 5.74) is 0.748. The lowest BCUT2D eigenvalue weighted by molar-refractivity contribution is 0.182. The monoisotopic (exact) mass is 324 g/mol. The molecule has 1 atom stereocenters. The maximum Gasteiger partial charge on any atom is 0.141 e. The second-order valence-corrected chi connectivity index (χ2v) is 6.32. The molecule has 2 aromatic carbocycles. The van der Waals surface area contributed by atoms with Crippen molar-refractivity contribution >= 4 is 33.0 Å². The van der Waals surface area contributed by atoms with E-state index in [1.165, 1.54) is 35.6 Å². The first-order valence-electron chi connectivity index (χ1n) is 6.34. The Hall–Kier alpha value is -1.49. The van der Waals surface area contributed by atoms with Crippen LogP contribution in [0.3, 0.4) is 0 Å². The Morgan fingerprint density at radius 2 is 1.90 bits per heavy atom. The highest BCUT2D eigenvalue weighted by atomic mass is 35.5. The molecule has 1 aromatic heterocycles. The molecule has 0 fully saturated rings. The van der Waals surface area contributed by atoms with Crippen molar-refractivity contribution in [3.05, 3.63) is 69.6 Å². The second kappa shape index (κ2) is 5.72. The number of thiophene rings is 1. The summed E-state index contributed by atoms with van der Waals surface area (Å²) in [5.74, 6) is -0.775. The van der Waals surface area contributed by atoms with Crippen molar-refractivity contribution in [2.75, 3.05) is 0 Å². The first-order chi connectivity index (χ1) is 10.0. The normalized spacial score (nSPS) is 12.8. The van der Waals surface area contributed by atoms with Crippen LogP contribution >= 0.6 is 22.9 Å². The van der Waals surface area contributed by atoms with Gasteiger partial charge in [-0.2, -0.15) is 0 Å². The van der Waals surface area contributed by atoms with Gasteiger partial charge in [0, 0.05) is 16.0 Å². The minimum Gasteiger partial charge on any atom is -0.387 e. The topological polar surface area (TPSA) is 20.2 Å². The molecule has 0 spiro atoms. The molecule has 0 saturated heterocycles. The molecule has 5 heteroatoms. The van der Waals surface area contributed by atoms with Gasteiger partial charge < -0.3 is 5.11 Å². The van der Waals surface area contributed by atoms with Crippen LogP contribution in [-0.2, 0) is 6.42 Å². The summed E-state index contributed by atoms with van der Waals surface area (Å²) >= 11 is 7.08. The van der Waals surface area contributed by atoms with Crippen LogP contribution in [0.1, 0.15) is 16.5 Å². The molecule has 1 unspecified atom stereocenters. The molecule has 21 heavy (non-hydrogen) atoms. The fourth-order valence-electron chi connectivity index (χ4n) is 2.18. The van der Waals surface area contributed by atoms with Crippen molar-refractivity contribution in [1.29, 1.82) is 0 Å². The van der Waals surface area contributed by atoms with Gasteiger partial charge >= 0.3 is 0 Å². The fraction of sp³-hybridized carbons (Fsp3) is 0.125. The molecule has 0 radical (unpaired) electrons. The highest BCUT2D eigenvalue weighted by Crippen LogP contribution is 2.32. The number of hydrogen-bond donors (Lipinski definition) is 1. The van der Waals surface area contributed by atoms with Gasteiger partial charge in [-0.25, -0.2) is 8.78 Å². The summed E-state index contributed by atoms with van der Waals surface area (Å²) in [6.07, 6.45) is -0.401. The van der Waals surface area contributed by atoms with Crippen molar-refractivity contribution in [1.82, 2.24) is 0 Å². The van der Waals surface area contributed by atoms with Crippen molar-refractivity contribution in [3.63, 3.8) is 0 Å². The van der Waals surface area contributed by atoms with E-state index < -0.39 is 11.9 Å². The average molecular weight is 325 g/mol. The zero-order chi connectivity index (χ0) is 15.0. The van der Waals surface area contributed by atoms with Crippen LogP contribution < -0.4 is 0 Å². The van der Waals surface area contributed by atoms with E-state index in [0.717, 1.165) is 20.5 Å². The molecule has 0 aliphatic heterocycles. The molecule has 0 aliphatic carbocycles. The van der Waals surface area contributed by atoms with Crippen LogP contribution in [0.25, 0.3) is 10.1 Å². The third kappa shape index (κ3) is 3.07. The summed E-state index contributed by atoms with van der Waals surface area (Å²) < 4.78 is 27.1. The van der Waals surface area contributed by atoms with E-state index in [0.29, 0.717) is 6.42 Å². The number of hydrogen-bond acceptors (Lipinski definition) is 2. The maximum atomic E-state index is 13.2. The maximum absolute atomic E-state index is 13.2.